The van der Waals surface area contributed by atoms with E-state index >= 15 is 0 Å². The summed E-state index contributed by atoms with van der Waals surface area (Å²) in [6.45, 7) is 4.41. The molecule has 1 aliphatic rings. The molecule has 4 heteroatoms. The Bertz CT molecular complexity index is 409. The third kappa shape index (κ3) is 3.05. The molecule has 0 aromatic heterocycles. The van der Waals surface area contributed by atoms with Crippen LogP contribution in [0.5, 0.6) is 0 Å². The lowest BCUT2D eigenvalue weighted by atomic mass is 10.1. The maximum Gasteiger partial charge on any atom is 0.0434 e. The lowest BCUT2D eigenvalue weighted by Gasteiger charge is -2.20. The number of aliphatic hydroxyl groups is 1. The minimum Gasteiger partial charge on any atom is -0.396 e. The van der Waals surface area contributed by atoms with Crippen molar-refractivity contribution in [1.29, 1.82) is 0 Å². The summed E-state index contributed by atoms with van der Waals surface area (Å²) in [6, 6.07) is 6.45. The fourth-order valence-corrected chi connectivity index (χ4v) is 3.30. The van der Waals surface area contributed by atoms with Gasteiger partial charge in [-0.15, -0.1) is 0 Å². The first-order valence-corrected chi connectivity index (χ1v) is 7.32. The van der Waals surface area contributed by atoms with Crippen molar-refractivity contribution >= 4 is 21.6 Å². The van der Waals surface area contributed by atoms with E-state index in [0.29, 0.717) is 12.5 Å². The van der Waals surface area contributed by atoms with Gasteiger partial charge in [0.25, 0.3) is 0 Å². The largest absolute Gasteiger partial charge is 0.396 e. The second-order valence-electron chi connectivity index (χ2n) is 5.11. The third-order valence-electron chi connectivity index (χ3n) is 3.66. The van der Waals surface area contributed by atoms with Crippen LogP contribution >= 0.6 is 15.9 Å². The number of hydrogen-bond acceptors (Lipinski definition) is 3. The Morgan fingerprint density at radius 1 is 1.56 bits per heavy atom. The molecule has 1 aliphatic heterocycles. The zero-order valence-corrected chi connectivity index (χ0v) is 12.4. The summed E-state index contributed by atoms with van der Waals surface area (Å²) in [7, 11) is 0. The van der Waals surface area contributed by atoms with Crippen molar-refractivity contribution in [1.82, 2.24) is 0 Å². The Morgan fingerprint density at radius 3 is 2.94 bits per heavy atom. The van der Waals surface area contributed by atoms with Crippen molar-refractivity contribution in [2.45, 2.75) is 25.8 Å². The number of nitrogens with zero attached hydrogens (tertiary/aromatic N) is 1. The minimum absolute atomic E-state index is 0.0501. The molecule has 0 saturated carbocycles. The number of nitrogens with two attached hydrogens (primary N) is 1. The SMILES string of the molecule is C[C@H](N)c1ccc(N2CCC(CCO)C2)cc1Br. The van der Waals surface area contributed by atoms with Gasteiger partial charge in [-0.2, -0.15) is 0 Å². The highest BCUT2D eigenvalue weighted by molar-refractivity contribution is 9.10. The first kappa shape index (κ1) is 13.8. The average molecular weight is 313 g/mol. The van der Waals surface area contributed by atoms with Crippen molar-refractivity contribution in [2.75, 3.05) is 24.6 Å². The molecule has 3 nitrogen and oxygen atoms in total. The van der Waals surface area contributed by atoms with E-state index in [1.807, 2.05) is 6.92 Å². The van der Waals surface area contributed by atoms with Gasteiger partial charge in [0.15, 0.2) is 0 Å². The van der Waals surface area contributed by atoms with Crippen molar-refractivity contribution in [2.24, 2.45) is 11.7 Å². The average Bonchev–Trinajstić information content (AvgIpc) is 2.77. The van der Waals surface area contributed by atoms with Gasteiger partial charge in [-0.1, -0.05) is 22.0 Å². The molecule has 0 aliphatic carbocycles. The summed E-state index contributed by atoms with van der Waals surface area (Å²) in [6.07, 6.45) is 2.09. The molecule has 1 heterocycles. The van der Waals surface area contributed by atoms with Crippen LogP contribution in [0.1, 0.15) is 31.4 Å². The molecule has 1 aromatic carbocycles. The molecule has 2 atom stereocenters. The summed E-state index contributed by atoms with van der Waals surface area (Å²) >= 11 is 3.59. The molecule has 0 bridgehead atoms. The fraction of sp³-hybridized carbons (Fsp3) is 0.571. The quantitative estimate of drug-likeness (QED) is 0.898. The zero-order valence-electron chi connectivity index (χ0n) is 10.8. The smallest absolute Gasteiger partial charge is 0.0434 e. The van der Waals surface area contributed by atoms with E-state index in [2.05, 4.69) is 39.0 Å². The van der Waals surface area contributed by atoms with Gasteiger partial charge in [0.1, 0.15) is 0 Å². The standard InChI is InChI=1S/C14H21BrN2O/c1-10(16)13-3-2-12(8-14(13)15)17-6-4-11(9-17)5-7-18/h2-3,8,10-11,18H,4-7,9,16H2,1H3/t10-,11?/m0/s1. The molecule has 0 radical (unpaired) electrons. The van der Waals surface area contributed by atoms with Gasteiger partial charge in [-0.05, 0) is 43.4 Å². The molecular weight excluding hydrogens is 292 g/mol. The van der Waals surface area contributed by atoms with Crippen LogP contribution in [0.3, 0.4) is 0 Å². The number of halogens is 1. The van der Waals surface area contributed by atoms with Crippen LogP contribution in [0.15, 0.2) is 22.7 Å². The van der Waals surface area contributed by atoms with Crippen LogP contribution in [0.4, 0.5) is 5.69 Å². The van der Waals surface area contributed by atoms with Crippen molar-refractivity contribution in [3.05, 3.63) is 28.2 Å². The van der Waals surface area contributed by atoms with Gasteiger partial charge >= 0.3 is 0 Å². The van der Waals surface area contributed by atoms with Crippen LogP contribution in [-0.4, -0.2) is 24.8 Å². The number of hydrogen-bond donors (Lipinski definition) is 2. The lowest BCUT2D eigenvalue weighted by molar-refractivity contribution is 0.263. The second kappa shape index (κ2) is 6.04. The van der Waals surface area contributed by atoms with Gasteiger partial charge in [0, 0.05) is 35.9 Å². The normalized spacial score (nSPS) is 21.3. The molecule has 0 spiro atoms. The first-order chi connectivity index (χ1) is 8.61. The van der Waals surface area contributed by atoms with Gasteiger partial charge < -0.3 is 15.7 Å². The number of anilines is 1. The monoisotopic (exact) mass is 312 g/mol. The summed E-state index contributed by atoms with van der Waals surface area (Å²) in [5, 5.41) is 8.99. The molecule has 0 amide bonds. The van der Waals surface area contributed by atoms with E-state index in [9.17, 15) is 0 Å². The maximum atomic E-state index is 8.99. The van der Waals surface area contributed by atoms with E-state index in [-0.39, 0.29) is 6.04 Å². The molecule has 100 valence electrons. The zero-order chi connectivity index (χ0) is 13.1. The summed E-state index contributed by atoms with van der Waals surface area (Å²) in [5.41, 5.74) is 8.29. The second-order valence-corrected chi connectivity index (χ2v) is 5.96. The van der Waals surface area contributed by atoms with Crippen LogP contribution in [-0.2, 0) is 0 Å². The molecular formula is C14H21BrN2O. The van der Waals surface area contributed by atoms with Crippen molar-refractivity contribution in [3.8, 4) is 0 Å². The van der Waals surface area contributed by atoms with Crippen LogP contribution < -0.4 is 10.6 Å². The Kier molecular flexibility index (Phi) is 4.65. The van der Waals surface area contributed by atoms with Gasteiger partial charge in [0.05, 0.1) is 0 Å². The van der Waals surface area contributed by atoms with Crippen LogP contribution in [0.25, 0.3) is 0 Å². The molecule has 1 unspecified atom stereocenters. The van der Waals surface area contributed by atoms with E-state index in [1.165, 1.54) is 12.1 Å². The Labute approximate surface area is 117 Å². The van der Waals surface area contributed by atoms with Crippen LogP contribution in [0, 0.1) is 5.92 Å². The van der Waals surface area contributed by atoms with Gasteiger partial charge in [-0.25, -0.2) is 0 Å². The number of rotatable bonds is 4. The van der Waals surface area contributed by atoms with Crippen molar-refractivity contribution in [3.63, 3.8) is 0 Å². The summed E-state index contributed by atoms with van der Waals surface area (Å²) in [5.74, 6) is 0.627. The van der Waals surface area contributed by atoms with E-state index in [0.717, 1.165) is 29.5 Å². The topological polar surface area (TPSA) is 49.5 Å². The predicted octanol–water partition coefficient (Wildman–Crippen LogP) is 2.68. The van der Waals surface area contributed by atoms with Crippen molar-refractivity contribution < 1.29 is 5.11 Å². The Morgan fingerprint density at radius 2 is 2.33 bits per heavy atom. The fourth-order valence-electron chi connectivity index (χ4n) is 2.57. The molecule has 1 fully saturated rings. The lowest BCUT2D eigenvalue weighted by Crippen LogP contribution is -2.20. The molecule has 1 aromatic rings. The van der Waals surface area contributed by atoms with E-state index in [1.54, 1.807) is 0 Å². The highest BCUT2D eigenvalue weighted by Gasteiger charge is 2.22. The van der Waals surface area contributed by atoms with Gasteiger partial charge in [0.2, 0.25) is 0 Å². The highest BCUT2D eigenvalue weighted by Crippen LogP contribution is 2.31. The molecule has 18 heavy (non-hydrogen) atoms. The third-order valence-corrected chi connectivity index (χ3v) is 4.35. The predicted molar refractivity (Wildman–Crippen MR) is 78.8 cm³/mol. The molecule has 1 saturated heterocycles. The number of aliphatic hydroxyl groups excluding tert-OH is 1. The Balaban J connectivity index is 2.09. The molecule has 3 N–H and O–H groups in total. The maximum absolute atomic E-state index is 8.99. The van der Waals surface area contributed by atoms with Gasteiger partial charge in [-0.3, -0.25) is 0 Å². The summed E-state index contributed by atoms with van der Waals surface area (Å²) < 4.78 is 1.08. The summed E-state index contributed by atoms with van der Waals surface area (Å²) in [4.78, 5) is 2.38. The first-order valence-electron chi connectivity index (χ1n) is 6.52. The van der Waals surface area contributed by atoms with E-state index < -0.39 is 0 Å². The minimum atomic E-state index is 0.0501. The highest BCUT2D eigenvalue weighted by atomic mass is 79.9. The van der Waals surface area contributed by atoms with E-state index in [4.69, 9.17) is 10.8 Å². The van der Waals surface area contributed by atoms with Crippen LogP contribution in [0.2, 0.25) is 0 Å². The Hall–Kier alpha value is -0.580. The molecule has 2 rings (SSSR count). The number of benzene rings is 1.